The molecule has 2 rings (SSSR count). The highest BCUT2D eigenvalue weighted by Gasteiger charge is 2.14. The molecule has 5 heteroatoms. The standard InChI is InChI=1S/C17H25NO4/c1-3-4-16(19)15-6-5-14(20-2)13-17(15)22-12-9-18-7-10-21-11-8-18/h5-6,13H,3-4,7-12H2,1-2H3. The normalized spacial score (nSPS) is 15.5. The third-order valence-corrected chi connectivity index (χ3v) is 3.74. The van der Waals surface area contributed by atoms with Crippen molar-refractivity contribution in [3.05, 3.63) is 23.8 Å². The number of hydrogen-bond donors (Lipinski definition) is 0. The molecule has 1 aromatic rings. The first-order valence-electron chi connectivity index (χ1n) is 7.88. The Balaban J connectivity index is 1.98. The Labute approximate surface area is 132 Å². The fourth-order valence-electron chi connectivity index (χ4n) is 2.45. The van der Waals surface area contributed by atoms with Crippen molar-refractivity contribution in [2.45, 2.75) is 19.8 Å². The molecule has 22 heavy (non-hydrogen) atoms. The van der Waals surface area contributed by atoms with Crippen molar-refractivity contribution >= 4 is 5.78 Å². The topological polar surface area (TPSA) is 48.0 Å². The second-order valence-electron chi connectivity index (χ2n) is 5.34. The molecular formula is C17H25NO4. The van der Waals surface area contributed by atoms with Crippen LogP contribution in [0.1, 0.15) is 30.1 Å². The highest BCUT2D eigenvalue weighted by molar-refractivity contribution is 5.98. The van der Waals surface area contributed by atoms with E-state index in [1.807, 2.05) is 6.92 Å². The molecule has 0 aromatic heterocycles. The predicted molar refractivity (Wildman–Crippen MR) is 85.0 cm³/mol. The molecule has 1 fully saturated rings. The zero-order valence-corrected chi connectivity index (χ0v) is 13.5. The van der Waals surface area contributed by atoms with Gasteiger partial charge in [-0.1, -0.05) is 6.92 Å². The van der Waals surface area contributed by atoms with E-state index in [2.05, 4.69) is 4.90 Å². The number of ether oxygens (including phenoxy) is 3. The Hall–Kier alpha value is -1.59. The average molecular weight is 307 g/mol. The van der Waals surface area contributed by atoms with Crippen LogP contribution < -0.4 is 9.47 Å². The van der Waals surface area contributed by atoms with Crippen molar-refractivity contribution in [1.29, 1.82) is 0 Å². The third-order valence-electron chi connectivity index (χ3n) is 3.74. The first-order chi connectivity index (χ1) is 10.7. The van der Waals surface area contributed by atoms with E-state index in [1.54, 1.807) is 25.3 Å². The highest BCUT2D eigenvalue weighted by Crippen LogP contribution is 2.26. The molecule has 0 saturated carbocycles. The monoisotopic (exact) mass is 307 g/mol. The predicted octanol–water partition coefficient (Wildman–Crippen LogP) is 2.39. The number of ketones is 1. The summed E-state index contributed by atoms with van der Waals surface area (Å²) in [5.41, 5.74) is 0.643. The van der Waals surface area contributed by atoms with E-state index in [-0.39, 0.29) is 5.78 Å². The first kappa shape index (κ1) is 16.8. The Kier molecular flexibility index (Phi) is 6.68. The van der Waals surface area contributed by atoms with Gasteiger partial charge in [-0.3, -0.25) is 9.69 Å². The van der Waals surface area contributed by atoms with E-state index in [0.29, 0.717) is 30.1 Å². The summed E-state index contributed by atoms with van der Waals surface area (Å²) in [6.45, 7) is 6.81. The minimum Gasteiger partial charge on any atom is -0.497 e. The minimum atomic E-state index is 0.117. The van der Waals surface area contributed by atoms with Crippen molar-refractivity contribution in [3.63, 3.8) is 0 Å². The van der Waals surface area contributed by atoms with Gasteiger partial charge in [-0.25, -0.2) is 0 Å². The molecule has 1 aliphatic rings. The maximum Gasteiger partial charge on any atom is 0.166 e. The second-order valence-corrected chi connectivity index (χ2v) is 5.34. The molecule has 1 aliphatic heterocycles. The molecule has 0 bridgehead atoms. The van der Waals surface area contributed by atoms with Gasteiger partial charge in [-0.15, -0.1) is 0 Å². The first-order valence-corrected chi connectivity index (χ1v) is 7.88. The van der Waals surface area contributed by atoms with Gasteiger partial charge in [0.2, 0.25) is 0 Å². The maximum absolute atomic E-state index is 12.2. The minimum absolute atomic E-state index is 0.117. The number of Topliss-reactive ketones (excluding diaryl/α,β-unsaturated/α-hetero) is 1. The zero-order valence-electron chi connectivity index (χ0n) is 13.5. The van der Waals surface area contributed by atoms with Gasteiger partial charge in [0.1, 0.15) is 18.1 Å². The zero-order chi connectivity index (χ0) is 15.8. The number of methoxy groups -OCH3 is 1. The SMILES string of the molecule is CCCC(=O)c1ccc(OC)cc1OCCN1CCOCC1. The molecule has 122 valence electrons. The van der Waals surface area contributed by atoms with Crippen molar-refractivity contribution in [2.75, 3.05) is 46.6 Å². The number of morpholine rings is 1. The molecule has 0 atom stereocenters. The fourth-order valence-corrected chi connectivity index (χ4v) is 2.45. The number of carbonyl (C=O) groups is 1. The Morgan fingerprint density at radius 1 is 1.32 bits per heavy atom. The number of hydrogen-bond acceptors (Lipinski definition) is 5. The molecule has 1 heterocycles. The number of nitrogens with zero attached hydrogens (tertiary/aromatic N) is 1. The molecule has 1 aromatic carbocycles. The number of rotatable bonds is 8. The fraction of sp³-hybridized carbons (Fsp3) is 0.588. The molecular weight excluding hydrogens is 282 g/mol. The van der Waals surface area contributed by atoms with Crippen LogP contribution in [0.5, 0.6) is 11.5 Å². The van der Waals surface area contributed by atoms with Crippen LogP contribution in [0, 0.1) is 0 Å². The maximum atomic E-state index is 12.2. The molecule has 0 N–H and O–H groups in total. The molecule has 0 amide bonds. The van der Waals surface area contributed by atoms with Crippen molar-refractivity contribution in [2.24, 2.45) is 0 Å². The van der Waals surface area contributed by atoms with Gasteiger partial charge >= 0.3 is 0 Å². The largest absolute Gasteiger partial charge is 0.497 e. The molecule has 0 aliphatic carbocycles. The summed E-state index contributed by atoms with van der Waals surface area (Å²) in [6, 6.07) is 5.39. The van der Waals surface area contributed by atoms with E-state index >= 15 is 0 Å². The van der Waals surface area contributed by atoms with Crippen molar-refractivity contribution in [1.82, 2.24) is 4.90 Å². The Bertz CT molecular complexity index is 484. The van der Waals surface area contributed by atoms with Gasteiger partial charge in [0, 0.05) is 32.1 Å². The lowest BCUT2D eigenvalue weighted by atomic mass is 10.1. The van der Waals surface area contributed by atoms with Gasteiger partial charge in [-0.05, 0) is 18.6 Å². The molecule has 5 nitrogen and oxygen atoms in total. The van der Waals surface area contributed by atoms with Gasteiger partial charge < -0.3 is 14.2 Å². The van der Waals surface area contributed by atoms with Crippen LogP contribution in [0.3, 0.4) is 0 Å². The second kappa shape index (κ2) is 8.76. The van der Waals surface area contributed by atoms with Crippen LogP contribution in [0.25, 0.3) is 0 Å². The van der Waals surface area contributed by atoms with Crippen LogP contribution in [-0.2, 0) is 4.74 Å². The van der Waals surface area contributed by atoms with E-state index in [1.165, 1.54) is 0 Å². The summed E-state index contributed by atoms with van der Waals surface area (Å²) in [5.74, 6) is 1.44. The van der Waals surface area contributed by atoms with E-state index in [0.717, 1.165) is 39.3 Å². The highest BCUT2D eigenvalue weighted by atomic mass is 16.5. The van der Waals surface area contributed by atoms with Gasteiger partial charge in [-0.2, -0.15) is 0 Å². The molecule has 0 unspecified atom stereocenters. The van der Waals surface area contributed by atoms with Crippen LogP contribution in [-0.4, -0.2) is 57.2 Å². The molecule has 0 radical (unpaired) electrons. The summed E-state index contributed by atoms with van der Waals surface area (Å²) in [4.78, 5) is 14.5. The lowest BCUT2D eigenvalue weighted by Gasteiger charge is -2.26. The van der Waals surface area contributed by atoms with E-state index < -0.39 is 0 Å². The van der Waals surface area contributed by atoms with Crippen molar-refractivity contribution in [3.8, 4) is 11.5 Å². The third kappa shape index (κ3) is 4.71. The lowest BCUT2D eigenvalue weighted by molar-refractivity contribution is 0.0322. The Morgan fingerprint density at radius 2 is 2.09 bits per heavy atom. The van der Waals surface area contributed by atoms with E-state index in [4.69, 9.17) is 14.2 Å². The van der Waals surface area contributed by atoms with E-state index in [9.17, 15) is 4.79 Å². The summed E-state index contributed by atoms with van der Waals surface area (Å²) in [7, 11) is 1.61. The van der Waals surface area contributed by atoms with Gasteiger partial charge in [0.05, 0.1) is 25.9 Å². The summed E-state index contributed by atoms with van der Waals surface area (Å²) >= 11 is 0. The smallest absolute Gasteiger partial charge is 0.166 e. The summed E-state index contributed by atoms with van der Waals surface area (Å²) in [5, 5.41) is 0. The number of carbonyl (C=O) groups excluding carboxylic acids is 1. The van der Waals surface area contributed by atoms with Crippen molar-refractivity contribution < 1.29 is 19.0 Å². The molecule has 0 spiro atoms. The number of benzene rings is 1. The lowest BCUT2D eigenvalue weighted by Crippen LogP contribution is -2.38. The quantitative estimate of drug-likeness (QED) is 0.690. The summed E-state index contributed by atoms with van der Waals surface area (Å²) < 4.78 is 16.4. The van der Waals surface area contributed by atoms with Crippen LogP contribution in [0.4, 0.5) is 0 Å². The van der Waals surface area contributed by atoms with Crippen LogP contribution >= 0.6 is 0 Å². The van der Waals surface area contributed by atoms with Crippen LogP contribution in [0.15, 0.2) is 18.2 Å². The van der Waals surface area contributed by atoms with Crippen LogP contribution in [0.2, 0.25) is 0 Å². The average Bonchev–Trinajstić information content (AvgIpc) is 2.56. The van der Waals surface area contributed by atoms with Gasteiger partial charge in [0.15, 0.2) is 5.78 Å². The Morgan fingerprint density at radius 3 is 2.77 bits per heavy atom. The van der Waals surface area contributed by atoms with Gasteiger partial charge in [0.25, 0.3) is 0 Å². The molecule has 1 saturated heterocycles. The summed E-state index contributed by atoms with van der Waals surface area (Å²) in [6.07, 6.45) is 1.37.